The van der Waals surface area contributed by atoms with Crippen molar-refractivity contribution in [2.45, 2.75) is 52.6 Å². The van der Waals surface area contributed by atoms with Gasteiger partial charge in [0.25, 0.3) is 0 Å². The van der Waals surface area contributed by atoms with Crippen LogP contribution in [0.4, 0.5) is 0 Å². The molecule has 3 rings (SSSR count). The third kappa shape index (κ3) is 4.80. The van der Waals surface area contributed by atoms with E-state index in [1.165, 1.54) is 29.3 Å². The first-order chi connectivity index (χ1) is 12.5. The van der Waals surface area contributed by atoms with Crippen LogP contribution in [-0.2, 0) is 0 Å². The van der Waals surface area contributed by atoms with Gasteiger partial charge < -0.3 is 0 Å². The number of aromatic nitrogens is 4. The molecule has 0 spiro atoms. The predicted molar refractivity (Wildman–Crippen MR) is 115 cm³/mol. The summed E-state index contributed by atoms with van der Waals surface area (Å²) in [6, 6.07) is 8.70. The van der Waals surface area contributed by atoms with Gasteiger partial charge in [0, 0.05) is 0 Å². The van der Waals surface area contributed by atoms with E-state index in [1.54, 1.807) is 11.8 Å². The van der Waals surface area contributed by atoms with Crippen LogP contribution >= 0.6 is 11.8 Å². The zero-order valence-electron chi connectivity index (χ0n) is 16.2. The third-order valence-electron chi connectivity index (χ3n) is 4.51. The molecule has 2 aromatic heterocycles. The SMILES string of the molecule is CCCCCCSc1nccc(-n2cnc3c[c]([Sn]([CH3])([CH3])[CH3])ccc32)n1. The van der Waals surface area contributed by atoms with Crippen LogP contribution in [0, 0.1) is 0 Å². The second-order valence-corrected chi connectivity index (χ2v) is 23.2. The number of thioether (sulfide) groups is 1. The number of imidazole rings is 1. The molecular formula is C20H28N4SSn. The fourth-order valence-electron chi connectivity index (χ4n) is 2.89. The van der Waals surface area contributed by atoms with Gasteiger partial charge in [0.05, 0.1) is 0 Å². The van der Waals surface area contributed by atoms with Crippen molar-refractivity contribution in [3.63, 3.8) is 0 Å². The van der Waals surface area contributed by atoms with Crippen molar-refractivity contribution < 1.29 is 0 Å². The average Bonchev–Trinajstić information content (AvgIpc) is 3.04. The van der Waals surface area contributed by atoms with E-state index < -0.39 is 18.4 Å². The minimum atomic E-state index is -2.08. The van der Waals surface area contributed by atoms with Gasteiger partial charge in [-0.2, -0.15) is 0 Å². The van der Waals surface area contributed by atoms with Crippen LogP contribution < -0.4 is 3.58 Å². The molecule has 4 nitrogen and oxygen atoms in total. The van der Waals surface area contributed by atoms with Gasteiger partial charge in [-0.25, -0.2) is 0 Å². The van der Waals surface area contributed by atoms with Crippen molar-refractivity contribution in [1.29, 1.82) is 0 Å². The number of unbranched alkanes of at least 4 members (excludes halogenated alkanes) is 3. The molecule has 0 bridgehead atoms. The van der Waals surface area contributed by atoms with Crippen molar-refractivity contribution in [3.05, 3.63) is 36.8 Å². The zero-order valence-corrected chi connectivity index (χ0v) is 19.9. The molecular weight excluding hydrogens is 447 g/mol. The molecule has 0 aliphatic rings. The number of benzene rings is 1. The van der Waals surface area contributed by atoms with E-state index >= 15 is 0 Å². The number of rotatable bonds is 8. The second kappa shape index (κ2) is 8.74. The summed E-state index contributed by atoms with van der Waals surface area (Å²) in [7, 11) is 0. The number of fused-ring (bicyclic) bond motifs is 1. The fourth-order valence-corrected chi connectivity index (χ4v) is 7.01. The molecule has 0 saturated heterocycles. The Balaban J connectivity index is 1.80. The van der Waals surface area contributed by atoms with E-state index in [2.05, 4.69) is 54.5 Å². The predicted octanol–water partition coefficient (Wildman–Crippen LogP) is 5.03. The molecule has 3 aromatic rings. The summed E-state index contributed by atoms with van der Waals surface area (Å²) in [5, 5.41) is 0.850. The van der Waals surface area contributed by atoms with Crippen molar-refractivity contribution in [2.75, 3.05) is 5.75 Å². The number of hydrogen-bond donors (Lipinski definition) is 0. The van der Waals surface area contributed by atoms with Crippen LogP contribution in [0.2, 0.25) is 14.8 Å². The van der Waals surface area contributed by atoms with Gasteiger partial charge in [-0.3, -0.25) is 0 Å². The first kappa shape index (κ1) is 19.7. The Kier molecular flexibility index (Phi) is 6.61. The Hall–Kier alpha value is -1.08. The molecule has 0 radical (unpaired) electrons. The molecule has 0 amide bonds. The van der Waals surface area contributed by atoms with Crippen molar-refractivity contribution >= 4 is 44.8 Å². The molecule has 26 heavy (non-hydrogen) atoms. The van der Waals surface area contributed by atoms with Gasteiger partial charge in [-0.05, 0) is 0 Å². The fraction of sp³-hybridized carbons (Fsp3) is 0.450. The zero-order chi connectivity index (χ0) is 18.6. The Morgan fingerprint density at radius 3 is 2.65 bits per heavy atom. The first-order valence-corrected chi connectivity index (χ1v) is 20.4. The van der Waals surface area contributed by atoms with Gasteiger partial charge in [0.15, 0.2) is 0 Å². The van der Waals surface area contributed by atoms with E-state index in [4.69, 9.17) is 4.98 Å². The average molecular weight is 475 g/mol. The summed E-state index contributed by atoms with van der Waals surface area (Å²) in [5.41, 5.74) is 2.17. The molecule has 0 atom stereocenters. The molecule has 0 N–H and O–H groups in total. The van der Waals surface area contributed by atoms with Crippen LogP contribution in [0.25, 0.3) is 16.9 Å². The molecule has 0 fully saturated rings. The summed E-state index contributed by atoms with van der Waals surface area (Å²) in [6.45, 7) is 2.24. The Morgan fingerprint density at radius 2 is 1.88 bits per heavy atom. The molecule has 0 aliphatic carbocycles. The molecule has 0 aliphatic heterocycles. The van der Waals surface area contributed by atoms with E-state index in [1.807, 2.05) is 18.6 Å². The molecule has 1 aromatic carbocycles. The molecule has 2 heterocycles. The van der Waals surface area contributed by atoms with Gasteiger partial charge in [0.2, 0.25) is 0 Å². The maximum atomic E-state index is 4.74. The van der Waals surface area contributed by atoms with Crippen LogP contribution in [0.1, 0.15) is 32.6 Å². The van der Waals surface area contributed by atoms with E-state index in [0.717, 1.165) is 27.8 Å². The normalized spacial score (nSPS) is 12.0. The topological polar surface area (TPSA) is 43.6 Å². The van der Waals surface area contributed by atoms with Crippen molar-refractivity contribution in [3.8, 4) is 5.82 Å². The van der Waals surface area contributed by atoms with Crippen LogP contribution in [0.3, 0.4) is 0 Å². The Labute approximate surface area is 164 Å². The van der Waals surface area contributed by atoms with Crippen LogP contribution in [0.15, 0.2) is 41.9 Å². The molecule has 0 saturated carbocycles. The summed E-state index contributed by atoms with van der Waals surface area (Å²) in [6.07, 6.45) is 8.82. The summed E-state index contributed by atoms with van der Waals surface area (Å²) in [4.78, 5) is 21.1. The first-order valence-electron chi connectivity index (χ1n) is 9.43. The van der Waals surface area contributed by atoms with Crippen molar-refractivity contribution in [1.82, 2.24) is 19.5 Å². The maximum absolute atomic E-state index is 4.74. The molecule has 0 unspecified atom stereocenters. The van der Waals surface area contributed by atoms with Gasteiger partial charge in [-0.1, -0.05) is 19.8 Å². The van der Waals surface area contributed by atoms with Crippen molar-refractivity contribution in [2.24, 2.45) is 0 Å². The van der Waals surface area contributed by atoms with Crippen LogP contribution in [-0.4, -0.2) is 43.6 Å². The standard InChI is InChI=1S/C17H19N4S.3CH3.Sn/c1-2-3-4-7-12-22-17-18-11-10-16(20-17)21-13-19-14-8-5-6-9-15(14)21;;;;/h6,8-11,13H,2-4,7,12H2,1H3;3*1H3;. The van der Waals surface area contributed by atoms with E-state index in [-0.39, 0.29) is 0 Å². The Morgan fingerprint density at radius 1 is 1.04 bits per heavy atom. The van der Waals surface area contributed by atoms with E-state index in [0.29, 0.717) is 0 Å². The number of nitrogens with zero attached hydrogens (tertiary/aromatic N) is 4. The van der Waals surface area contributed by atoms with E-state index in [9.17, 15) is 0 Å². The molecule has 6 heteroatoms. The van der Waals surface area contributed by atoms with Gasteiger partial charge >= 0.3 is 145 Å². The monoisotopic (exact) mass is 476 g/mol. The molecule has 138 valence electrons. The summed E-state index contributed by atoms with van der Waals surface area (Å²) in [5.74, 6) is 1.97. The minimum absolute atomic E-state index is 0.850. The van der Waals surface area contributed by atoms with Gasteiger partial charge in [-0.15, -0.1) is 0 Å². The summed E-state index contributed by atoms with van der Waals surface area (Å²) < 4.78 is 3.57. The summed E-state index contributed by atoms with van der Waals surface area (Å²) >= 11 is -0.330. The number of hydrogen-bond acceptors (Lipinski definition) is 4. The van der Waals surface area contributed by atoms with Crippen LogP contribution in [0.5, 0.6) is 0 Å². The quantitative estimate of drug-likeness (QED) is 0.198. The second-order valence-electron chi connectivity index (χ2n) is 7.67. The van der Waals surface area contributed by atoms with Gasteiger partial charge in [0.1, 0.15) is 0 Å². The Bertz CT molecular complexity index is 870. The third-order valence-corrected chi connectivity index (χ3v) is 11.3.